The minimum Gasteiger partial charge on any atom is -0.494 e. The first-order valence-corrected chi connectivity index (χ1v) is 15.1. The van der Waals surface area contributed by atoms with Gasteiger partial charge < -0.3 is 20.1 Å². The van der Waals surface area contributed by atoms with E-state index < -0.39 is 12.0 Å². The molecule has 0 fully saturated rings. The van der Waals surface area contributed by atoms with Gasteiger partial charge in [0.1, 0.15) is 17.5 Å². The summed E-state index contributed by atoms with van der Waals surface area (Å²) in [5.74, 6) is -0.697. The topological polar surface area (TPSA) is 109 Å². The largest absolute Gasteiger partial charge is 0.494 e. The summed E-state index contributed by atoms with van der Waals surface area (Å²) < 4.78 is 5.96. The fraction of sp³-hybridized carbons (Fsp3) is 0.158. The number of carbonyl (C=O) groups is 3. The van der Waals surface area contributed by atoms with Gasteiger partial charge in [-0.2, -0.15) is 0 Å². The summed E-state index contributed by atoms with van der Waals surface area (Å²) in [6.07, 6.45) is 2.42. The number of amides is 1. The van der Waals surface area contributed by atoms with Crippen molar-refractivity contribution in [3.8, 4) is 5.75 Å². The van der Waals surface area contributed by atoms with Crippen LogP contribution in [0.15, 0.2) is 134 Å². The molecule has 8 heteroatoms. The second-order valence-corrected chi connectivity index (χ2v) is 10.8. The number of pyridine rings is 1. The third-order valence-corrected chi connectivity index (χ3v) is 7.43. The standard InChI is InChI=1S/C38H35N3O5/c42-36(30-14-5-2-6-15-30)32-16-7-8-17-33(32)40-35(38(44)45)26-28-19-21-31(22-20-28)46-25-11-24-41(27-29-12-3-1-4-13-29)37(43)34-18-9-10-23-39-34/h1-10,12-23,35,40H,11,24-27H2,(H,44,45)/t35-/m0/s1. The summed E-state index contributed by atoms with van der Waals surface area (Å²) >= 11 is 0. The molecule has 4 aromatic carbocycles. The molecule has 0 aliphatic heterocycles. The highest BCUT2D eigenvalue weighted by Gasteiger charge is 2.22. The molecule has 1 aromatic heterocycles. The van der Waals surface area contributed by atoms with Crippen LogP contribution in [-0.4, -0.2) is 51.8 Å². The van der Waals surface area contributed by atoms with Gasteiger partial charge in [-0.1, -0.05) is 91.0 Å². The number of ether oxygens (including phenoxy) is 1. The lowest BCUT2D eigenvalue weighted by Crippen LogP contribution is -2.32. The van der Waals surface area contributed by atoms with Crippen LogP contribution in [0.5, 0.6) is 5.75 Å². The number of aliphatic carboxylic acids is 1. The molecule has 0 saturated carbocycles. The van der Waals surface area contributed by atoms with Crippen LogP contribution < -0.4 is 10.1 Å². The minimum atomic E-state index is -1.03. The zero-order valence-electron chi connectivity index (χ0n) is 25.3. The molecule has 5 rings (SSSR count). The van der Waals surface area contributed by atoms with Crippen molar-refractivity contribution in [2.45, 2.75) is 25.4 Å². The molecule has 1 atom stereocenters. The van der Waals surface area contributed by atoms with Crippen molar-refractivity contribution in [3.63, 3.8) is 0 Å². The number of nitrogens with zero attached hydrogens (tertiary/aromatic N) is 2. The summed E-state index contributed by atoms with van der Waals surface area (Å²) in [5.41, 5.74) is 3.63. The zero-order valence-corrected chi connectivity index (χ0v) is 25.3. The third kappa shape index (κ3) is 8.66. The number of para-hydroxylation sites is 1. The molecule has 0 radical (unpaired) electrons. The lowest BCUT2D eigenvalue weighted by molar-refractivity contribution is -0.137. The predicted molar refractivity (Wildman–Crippen MR) is 177 cm³/mol. The highest BCUT2D eigenvalue weighted by molar-refractivity contribution is 6.12. The van der Waals surface area contributed by atoms with Crippen LogP contribution in [0.3, 0.4) is 0 Å². The Hall–Kier alpha value is -5.76. The number of rotatable bonds is 15. The summed E-state index contributed by atoms with van der Waals surface area (Å²) in [6.45, 7) is 1.35. The van der Waals surface area contributed by atoms with Gasteiger partial charge in [-0.15, -0.1) is 0 Å². The first-order valence-electron chi connectivity index (χ1n) is 15.1. The van der Waals surface area contributed by atoms with Gasteiger partial charge in [0.15, 0.2) is 5.78 Å². The number of carboxylic acid groups (broad SMARTS) is 1. The summed E-state index contributed by atoms with van der Waals surface area (Å²) in [4.78, 5) is 44.5. The van der Waals surface area contributed by atoms with Crippen molar-refractivity contribution in [2.24, 2.45) is 0 Å². The van der Waals surface area contributed by atoms with Gasteiger partial charge in [0.05, 0.1) is 6.61 Å². The second kappa shape index (κ2) is 15.8. The smallest absolute Gasteiger partial charge is 0.326 e. The van der Waals surface area contributed by atoms with Gasteiger partial charge in [0, 0.05) is 42.5 Å². The molecule has 8 nitrogen and oxygen atoms in total. The van der Waals surface area contributed by atoms with Crippen LogP contribution in [0.25, 0.3) is 0 Å². The van der Waals surface area contributed by atoms with Gasteiger partial charge >= 0.3 is 5.97 Å². The number of carbonyl (C=O) groups excluding carboxylic acids is 2. The minimum absolute atomic E-state index is 0.137. The molecule has 0 bridgehead atoms. The average molecular weight is 614 g/mol. The van der Waals surface area contributed by atoms with Gasteiger partial charge in [-0.3, -0.25) is 14.6 Å². The molecule has 0 aliphatic carbocycles. The van der Waals surface area contributed by atoms with Crippen LogP contribution in [0.2, 0.25) is 0 Å². The van der Waals surface area contributed by atoms with Crippen molar-refractivity contribution in [1.29, 1.82) is 0 Å². The van der Waals surface area contributed by atoms with E-state index in [0.717, 1.165) is 11.1 Å². The van der Waals surface area contributed by atoms with Crippen LogP contribution in [-0.2, 0) is 17.8 Å². The number of nitrogens with one attached hydrogen (secondary N) is 1. The zero-order chi connectivity index (χ0) is 32.1. The third-order valence-electron chi connectivity index (χ3n) is 7.43. The number of benzene rings is 4. The fourth-order valence-electron chi connectivity index (χ4n) is 5.05. The quantitative estimate of drug-likeness (QED) is 0.102. The Morgan fingerprint density at radius 2 is 1.43 bits per heavy atom. The molecule has 0 spiro atoms. The number of aromatic nitrogens is 1. The van der Waals surface area contributed by atoms with Crippen molar-refractivity contribution < 1.29 is 24.2 Å². The molecule has 2 N–H and O–H groups in total. The lowest BCUT2D eigenvalue weighted by atomic mass is 10.00. The second-order valence-electron chi connectivity index (χ2n) is 10.8. The fourth-order valence-corrected chi connectivity index (χ4v) is 5.05. The maximum absolute atomic E-state index is 13.2. The predicted octanol–water partition coefficient (Wildman–Crippen LogP) is 6.53. The Labute approximate surface area is 268 Å². The number of carboxylic acids is 1. The maximum Gasteiger partial charge on any atom is 0.326 e. The normalized spacial score (nSPS) is 11.3. The molecule has 0 aliphatic rings. The van der Waals surface area contributed by atoms with Gasteiger partial charge in [-0.05, 0) is 53.9 Å². The van der Waals surface area contributed by atoms with E-state index in [1.54, 1.807) is 77.8 Å². The SMILES string of the molecule is O=C(c1ccccc1)c1ccccc1N[C@@H](Cc1ccc(OCCCN(Cc2ccccc2)C(=O)c2ccccn2)cc1)C(=O)O. The Kier molecular flexibility index (Phi) is 10.9. The van der Waals surface area contributed by atoms with Crippen molar-refractivity contribution in [2.75, 3.05) is 18.5 Å². The van der Waals surface area contributed by atoms with E-state index in [4.69, 9.17) is 4.74 Å². The van der Waals surface area contributed by atoms with Gasteiger partial charge in [-0.25, -0.2) is 4.79 Å². The Bertz CT molecular complexity index is 1730. The molecule has 5 aromatic rings. The Morgan fingerprint density at radius 3 is 2.13 bits per heavy atom. The van der Waals surface area contributed by atoms with Crippen LogP contribution in [0.4, 0.5) is 5.69 Å². The molecule has 1 amide bonds. The summed E-state index contributed by atoms with van der Waals surface area (Å²) in [6, 6.07) is 37.3. The van der Waals surface area contributed by atoms with Crippen LogP contribution >= 0.6 is 0 Å². The number of hydrogen-bond donors (Lipinski definition) is 2. The van der Waals surface area contributed by atoms with E-state index >= 15 is 0 Å². The van der Waals surface area contributed by atoms with Crippen LogP contribution in [0, 0.1) is 0 Å². The van der Waals surface area contributed by atoms with Gasteiger partial charge in [0.25, 0.3) is 5.91 Å². The highest BCUT2D eigenvalue weighted by atomic mass is 16.5. The van der Waals surface area contributed by atoms with E-state index in [1.807, 2.05) is 60.7 Å². The van der Waals surface area contributed by atoms with E-state index in [0.29, 0.717) is 54.4 Å². The first kappa shape index (κ1) is 31.7. The number of ketones is 1. The van der Waals surface area contributed by atoms with Crippen molar-refractivity contribution in [3.05, 3.63) is 162 Å². The maximum atomic E-state index is 13.2. The van der Waals surface area contributed by atoms with E-state index in [1.165, 1.54) is 0 Å². The van der Waals surface area contributed by atoms with Gasteiger partial charge in [0.2, 0.25) is 0 Å². The van der Waals surface area contributed by atoms with Crippen molar-refractivity contribution >= 4 is 23.3 Å². The van der Waals surface area contributed by atoms with Crippen molar-refractivity contribution in [1.82, 2.24) is 9.88 Å². The lowest BCUT2D eigenvalue weighted by Gasteiger charge is -2.22. The molecule has 46 heavy (non-hydrogen) atoms. The first-order chi connectivity index (χ1) is 22.5. The summed E-state index contributed by atoms with van der Waals surface area (Å²) in [5, 5.41) is 13.0. The Balaban J connectivity index is 1.17. The molecule has 232 valence electrons. The Morgan fingerprint density at radius 1 is 0.761 bits per heavy atom. The van der Waals surface area contributed by atoms with E-state index in [9.17, 15) is 19.5 Å². The number of anilines is 1. The number of hydrogen-bond acceptors (Lipinski definition) is 6. The van der Waals surface area contributed by atoms with Crippen LogP contribution in [0.1, 0.15) is 44.0 Å². The molecule has 0 saturated heterocycles. The molecule has 1 heterocycles. The summed E-state index contributed by atoms with van der Waals surface area (Å²) in [7, 11) is 0. The molecule has 0 unspecified atom stereocenters. The molecular weight excluding hydrogens is 578 g/mol. The van der Waals surface area contributed by atoms with E-state index in [2.05, 4.69) is 10.3 Å². The molecular formula is C38H35N3O5. The highest BCUT2D eigenvalue weighted by Crippen LogP contribution is 2.22. The average Bonchev–Trinajstić information content (AvgIpc) is 3.10. The van der Waals surface area contributed by atoms with E-state index in [-0.39, 0.29) is 18.1 Å². The monoisotopic (exact) mass is 613 g/mol.